The van der Waals surface area contributed by atoms with Crippen molar-refractivity contribution in [3.8, 4) is 11.4 Å². The second-order valence-corrected chi connectivity index (χ2v) is 8.75. The average molecular weight is 438 g/mol. The van der Waals surface area contributed by atoms with Crippen molar-refractivity contribution in [1.29, 1.82) is 0 Å². The van der Waals surface area contributed by atoms with Gasteiger partial charge in [0.2, 0.25) is 4.96 Å². The minimum atomic E-state index is -0.0163. The SMILES string of the molecule is O=C(NCCc1ccccc1)N1CCc2c(sc3nc(-c4ccc(Cl)cc4)nn23)C1. The summed E-state index contributed by atoms with van der Waals surface area (Å²) in [6.45, 7) is 1.90. The van der Waals surface area contributed by atoms with Crippen LogP contribution in [0.15, 0.2) is 54.6 Å². The highest BCUT2D eigenvalue weighted by atomic mass is 35.5. The maximum absolute atomic E-state index is 12.6. The summed E-state index contributed by atoms with van der Waals surface area (Å²) in [5, 5.41) is 8.42. The van der Waals surface area contributed by atoms with Gasteiger partial charge in [0.05, 0.1) is 12.2 Å². The van der Waals surface area contributed by atoms with Crippen molar-refractivity contribution in [3.63, 3.8) is 0 Å². The minimum Gasteiger partial charge on any atom is -0.338 e. The summed E-state index contributed by atoms with van der Waals surface area (Å²) in [7, 11) is 0. The number of carbonyl (C=O) groups is 1. The van der Waals surface area contributed by atoms with E-state index in [-0.39, 0.29) is 6.03 Å². The molecule has 8 heteroatoms. The Morgan fingerprint density at radius 3 is 2.73 bits per heavy atom. The van der Waals surface area contributed by atoms with Crippen LogP contribution in [0.4, 0.5) is 4.79 Å². The van der Waals surface area contributed by atoms with Crippen molar-refractivity contribution in [2.75, 3.05) is 13.1 Å². The molecule has 0 aliphatic carbocycles. The van der Waals surface area contributed by atoms with Crippen molar-refractivity contribution in [2.24, 2.45) is 0 Å². The topological polar surface area (TPSA) is 62.5 Å². The van der Waals surface area contributed by atoms with E-state index in [0.717, 1.165) is 33.9 Å². The van der Waals surface area contributed by atoms with Crippen LogP contribution in [0.3, 0.4) is 0 Å². The van der Waals surface area contributed by atoms with Gasteiger partial charge in [0.25, 0.3) is 0 Å². The molecule has 0 bridgehead atoms. The first-order chi connectivity index (χ1) is 14.7. The molecule has 30 heavy (non-hydrogen) atoms. The van der Waals surface area contributed by atoms with E-state index in [1.54, 1.807) is 11.3 Å². The average Bonchev–Trinajstić information content (AvgIpc) is 3.32. The number of urea groups is 1. The third-order valence-electron chi connectivity index (χ3n) is 5.24. The van der Waals surface area contributed by atoms with Crippen LogP contribution in [0.5, 0.6) is 0 Å². The van der Waals surface area contributed by atoms with Crippen LogP contribution >= 0.6 is 22.9 Å². The summed E-state index contributed by atoms with van der Waals surface area (Å²) in [5.74, 6) is 0.696. The molecule has 1 aliphatic rings. The van der Waals surface area contributed by atoms with Crippen LogP contribution in [-0.4, -0.2) is 38.6 Å². The van der Waals surface area contributed by atoms with Gasteiger partial charge in [-0.25, -0.2) is 9.31 Å². The molecule has 152 valence electrons. The number of rotatable bonds is 4. The lowest BCUT2D eigenvalue weighted by Gasteiger charge is -2.26. The smallest absolute Gasteiger partial charge is 0.317 e. The Bertz CT molecular complexity index is 1190. The van der Waals surface area contributed by atoms with Crippen molar-refractivity contribution >= 4 is 33.9 Å². The number of thiazole rings is 1. The Hall–Kier alpha value is -2.90. The Labute approximate surface area is 183 Å². The summed E-state index contributed by atoms with van der Waals surface area (Å²) < 4.78 is 1.93. The predicted octanol–water partition coefficient (Wildman–Crippen LogP) is 4.42. The Balaban J connectivity index is 1.25. The molecule has 2 aromatic heterocycles. The fraction of sp³-hybridized carbons (Fsp3) is 0.227. The molecule has 0 atom stereocenters. The summed E-state index contributed by atoms with van der Waals surface area (Å²) in [4.78, 5) is 21.1. The van der Waals surface area contributed by atoms with E-state index in [1.165, 1.54) is 5.56 Å². The molecule has 0 fully saturated rings. The van der Waals surface area contributed by atoms with Gasteiger partial charge in [0.15, 0.2) is 5.82 Å². The molecule has 6 nitrogen and oxygen atoms in total. The normalized spacial score (nSPS) is 13.4. The van der Waals surface area contributed by atoms with Gasteiger partial charge in [-0.05, 0) is 36.2 Å². The molecule has 0 spiro atoms. The maximum Gasteiger partial charge on any atom is 0.317 e. The quantitative estimate of drug-likeness (QED) is 0.514. The number of halogens is 1. The van der Waals surface area contributed by atoms with Crippen molar-refractivity contribution in [3.05, 3.63) is 75.8 Å². The highest BCUT2D eigenvalue weighted by molar-refractivity contribution is 7.17. The predicted molar refractivity (Wildman–Crippen MR) is 119 cm³/mol. The molecule has 5 rings (SSSR count). The Morgan fingerprint density at radius 1 is 1.13 bits per heavy atom. The molecule has 3 heterocycles. The van der Waals surface area contributed by atoms with Crippen LogP contribution in [-0.2, 0) is 19.4 Å². The standard InChI is InChI=1S/C22H20ClN5OS/c23-17-8-6-16(7-9-17)20-25-22-28(26-20)18-11-13-27(14-19(18)30-22)21(29)24-12-10-15-4-2-1-3-5-15/h1-9H,10-14H2,(H,24,29). The summed E-state index contributed by atoms with van der Waals surface area (Å²) in [5.41, 5.74) is 3.32. The third kappa shape index (κ3) is 3.78. The van der Waals surface area contributed by atoms with Gasteiger partial charge in [0, 0.05) is 35.0 Å². The van der Waals surface area contributed by atoms with E-state index in [2.05, 4.69) is 22.4 Å². The summed E-state index contributed by atoms with van der Waals surface area (Å²) in [6, 6.07) is 17.7. The monoisotopic (exact) mass is 437 g/mol. The van der Waals surface area contributed by atoms with Gasteiger partial charge in [-0.1, -0.05) is 53.3 Å². The van der Waals surface area contributed by atoms with Crippen LogP contribution in [0, 0.1) is 0 Å². The first kappa shape index (κ1) is 19.1. The molecule has 2 aromatic carbocycles. The zero-order valence-electron chi connectivity index (χ0n) is 16.2. The van der Waals surface area contributed by atoms with E-state index >= 15 is 0 Å². The molecular formula is C22H20ClN5OS. The van der Waals surface area contributed by atoms with E-state index in [0.29, 0.717) is 30.5 Å². The fourth-order valence-corrected chi connectivity index (χ4v) is 4.90. The molecule has 0 saturated heterocycles. The van der Waals surface area contributed by atoms with Gasteiger partial charge < -0.3 is 10.2 Å². The minimum absolute atomic E-state index is 0.0163. The highest BCUT2D eigenvalue weighted by Crippen LogP contribution is 2.29. The number of benzene rings is 2. The lowest BCUT2D eigenvalue weighted by Crippen LogP contribution is -2.43. The van der Waals surface area contributed by atoms with Gasteiger partial charge in [0.1, 0.15) is 0 Å². The number of carbonyl (C=O) groups excluding carboxylic acids is 1. The lowest BCUT2D eigenvalue weighted by atomic mass is 10.1. The van der Waals surface area contributed by atoms with Gasteiger partial charge in [-0.2, -0.15) is 4.98 Å². The lowest BCUT2D eigenvalue weighted by molar-refractivity contribution is 0.192. The van der Waals surface area contributed by atoms with Gasteiger partial charge in [-0.15, -0.1) is 5.10 Å². The first-order valence-corrected chi connectivity index (χ1v) is 11.1. The maximum atomic E-state index is 12.6. The van der Waals surface area contributed by atoms with Crippen LogP contribution in [0.2, 0.25) is 5.02 Å². The Morgan fingerprint density at radius 2 is 1.93 bits per heavy atom. The van der Waals surface area contributed by atoms with Crippen LogP contribution in [0.25, 0.3) is 16.3 Å². The third-order valence-corrected chi connectivity index (χ3v) is 6.55. The zero-order valence-corrected chi connectivity index (χ0v) is 17.8. The van der Waals surface area contributed by atoms with Gasteiger partial charge >= 0.3 is 6.03 Å². The summed E-state index contributed by atoms with van der Waals surface area (Å²) >= 11 is 7.57. The zero-order chi connectivity index (χ0) is 20.5. The molecule has 0 saturated carbocycles. The fourth-order valence-electron chi connectivity index (χ4n) is 3.65. The second kappa shape index (κ2) is 8.08. The summed E-state index contributed by atoms with van der Waals surface area (Å²) in [6.07, 6.45) is 1.60. The number of hydrogen-bond acceptors (Lipinski definition) is 4. The van der Waals surface area contributed by atoms with E-state index in [9.17, 15) is 4.79 Å². The number of fused-ring (bicyclic) bond motifs is 3. The molecule has 0 unspecified atom stereocenters. The van der Waals surface area contributed by atoms with Crippen LogP contribution < -0.4 is 5.32 Å². The molecule has 0 radical (unpaired) electrons. The highest BCUT2D eigenvalue weighted by Gasteiger charge is 2.26. The number of nitrogens with one attached hydrogen (secondary N) is 1. The van der Waals surface area contributed by atoms with Crippen molar-refractivity contribution in [1.82, 2.24) is 24.8 Å². The molecule has 2 amide bonds. The van der Waals surface area contributed by atoms with Crippen LogP contribution in [0.1, 0.15) is 16.1 Å². The van der Waals surface area contributed by atoms with Crippen molar-refractivity contribution in [2.45, 2.75) is 19.4 Å². The number of nitrogens with zero attached hydrogens (tertiary/aromatic N) is 4. The molecule has 1 N–H and O–H groups in total. The molecular weight excluding hydrogens is 418 g/mol. The van der Waals surface area contributed by atoms with Crippen molar-refractivity contribution < 1.29 is 4.79 Å². The first-order valence-electron chi connectivity index (χ1n) is 9.87. The number of amides is 2. The largest absolute Gasteiger partial charge is 0.338 e. The second-order valence-electron chi connectivity index (χ2n) is 7.25. The van der Waals surface area contributed by atoms with E-state index in [1.807, 2.05) is 51.9 Å². The molecule has 4 aromatic rings. The molecule has 1 aliphatic heterocycles. The Kier molecular flexibility index (Phi) is 5.14. The van der Waals surface area contributed by atoms with Gasteiger partial charge in [-0.3, -0.25) is 0 Å². The van der Waals surface area contributed by atoms with E-state index < -0.39 is 0 Å². The van der Waals surface area contributed by atoms with E-state index in [4.69, 9.17) is 16.7 Å². The number of hydrogen-bond donors (Lipinski definition) is 1. The number of aromatic nitrogens is 3.